The third kappa shape index (κ3) is 2.85. The molecule has 2 rings (SSSR count). The number of hydrogen-bond acceptors (Lipinski definition) is 3. The minimum atomic E-state index is -0.830. The zero-order valence-electron chi connectivity index (χ0n) is 10.3. The zero-order valence-corrected chi connectivity index (χ0v) is 10.3. The Kier molecular flexibility index (Phi) is 4.27. The molecule has 100 valence electrons. The lowest BCUT2D eigenvalue weighted by Crippen LogP contribution is -2.47. The molecule has 0 bridgehead atoms. The Balaban J connectivity index is 2.11. The van der Waals surface area contributed by atoms with Crippen LogP contribution in [0.15, 0.2) is 18.2 Å². The van der Waals surface area contributed by atoms with Gasteiger partial charge < -0.3 is 4.74 Å². The first-order valence-electron chi connectivity index (χ1n) is 6.09. The maximum Gasteiger partial charge on any atom is 0.162 e. The normalized spacial score (nSPS) is 18.7. The van der Waals surface area contributed by atoms with Crippen LogP contribution in [-0.2, 0) is 11.2 Å². The van der Waals surface area contributed by atoms with Gasteiger partial charge in [-0.05, 0) is 36.8 Å². The van der Waals surface area contributed by atoms with E-state index in [1.165, 1.54) is 6.07 Å². The standard InChI is InChI=1S/C13H18F2N2O/c1-18-13(8-5-6-8)11(17-16)7-9-3-2-4-10(14)12(9)15/h2-4,8,11,13,17H,5-7,16H2,1H3. The molecular weight excluding hydrogens is 238 g/mol. The molecule has 0 spiro atoms. The summed E-state index contributed by atoms with van der Waals surface area (Å²) in [4.78, 5) is 0. The van der Waals surface area contributed by atoms with Crippen molar-refractivity contribution in [1.82, 2.24) is 5.43 Å². The molecule has 0 aliphatic heterocycles. The van der Waals surface area contributed by atoms with Gasteiger partial charge in [0.1, 0.15) is 0 Å². The van der Waals surface area contributed by atoms with E-state index < -0.39 is 11.6 Å². The smallest absolute Gasteiger partial charge is 0.162 e. The van der Waals surface area contributed by atoms with Crippen molar-refractivity contribution >= 4 is 0 Å². The van der Waals surface area contributed by atoms with Crippen molar-refractivity contribution in [3.05, 3.63) is 35.4 Å². The lowest BCUT2D eigenvalue weighted by atomic mass is 9.98. The fraction of sp³-hybridized carbons (Fsp3) is 0.538. The molecule has 1 aliphatic carbocycles. The Hall–Kier alpha value is -1.04. The third-order valence-electron chi connectivity index (χ3n) is 3.44. The minimum Gasteiger partial charge on any atom is -0.379 e. The van der Waals surface area contributed by atoms with Crippen molar-refractivity contribution < 1.29 is 13.5 Å². The maximum atomic E-state index is 13.6. The summed E-state index contributed by atoms with van der Waals surface area (Å²) in [7, 11) is 1.62. The number of methoxy groups -OCH3 is 1. The van der Waals surface area contributed by atoms with Crippen LogP contribution in [0, 0.1) is 17.6 Å². The number of nitrogens with one attached hydrogen (secondary N) is 1. The van der Waals surface area contributed by atoms with Crippen LogP contribution in [0.5, 0.6) is 0 Å². The predicted octanol–water partition coefficient (Wildman–Crippen LogP) is 1.76. The number of hydrogen-bond donors (Lipinski definition) is 2. The number of benzene rings is 1. The highest BCUT2D eigenvalue weighted by atomic mass is 19.2. The molecule has 0 aromatic heterocycles. The van der Waals surface area contributed by atoms with Crippen LogP contribution in [0.3, 0.4) is 0 Å². The van der Waals surface area contributed by atoms with Crippen molar-refractivity contribution in [3.8, 4) is 0 Å². The van der Waals surface area contributed by atoms with Crippen LogP contribution in [0.1, 0.15) is 18.4 Å². The van der Waals surface area contributed by atoms with Crippen LogP contribution >= 0.6 is 0 Å². The van der Waals surface area contributed by atoms with E-state index in [0.29, 0.717) is 17.9 Å². The quantitative estimate of drug-likeness (QED) is 0.602. The van der Waals surface area contributed by atoms with Crippen LogP contribution in [0.4, 0.5) is 8.78 Å². The predicted molar refractivity (Wildman–Crippen MR) is 64.7 cm³/mol. The van der Waals surface area contributed by atoms with E-state index in [0.717, 1.165) is 18.9 Å². The van der Waals surface area contributed by atoms with Gasteiger partial charge in [0.05, 0.1) is 12.1 Å². The average molecular weight is 256 g/mol. The lowest BCUT2D eigenvalue weighted by molar-refractivity contribution is 0.0508. The number of rotatable bonds is 6. The molecule has 18 heavy (non-hydrogen) atoms. The highest BCUT2D eigenvalue weighted by Crippen LogP contribution is 2.36. The van der Waals surface area contributed by atoms with Crippen molar-refractivity contribution in [2.75, 3.05) is 7.11 Å². The van der Waals surface area contributed by atoms with Gasteiger partial charge in [-0.3, -0.25) is 11.3 Å². The molecule has 2 unspecified atom stereocenters. The summed E-state index contributed by atoms with van der Waals surface area (Å²) in [5.74, 6) is 4.34. The molecule has 0 radical (unpaired) electrons. The van der Waals surface area contributed by atoms with E-state index in [2.05, 4.69) is 5.43 Å². The number of halogens is 2. The second-order valence-corrected chi connectivity index (χ2v) is 4.73. The van der Waals surface area contributed by atoms with Crippen LogP contribution < -0.4 is 11.3 Å². The second-order valence-electron chi connectivity index (χ2n) is 4.73. The lowest BCUT2D eigenvalue weighted by Gasteiger charge is -2.25. The molecule has 0 amide bonds. The second kappa shape index (κ2) is 5.73. The summed E-state index contributed by atoms with van der Waals surface area (Å²) in [6.45, 7) is 0. The van der Waals surface area contributed by atoms with Gasteiger partial charge >= 0.3 is 0 Å². The zero-order chi connectivity index (χ0) is 13.1. The molecule has 1 aromatic rings. The molecule has 2 atom stereocenters. The van der Waals surface area contributed by atoms with Gasteiger partial charge in [-0.1, -0.05) is 12.1 Å². The third-order valence-corrected chi connectivity index (χ3v) is 3.44. The SMILES string of the molecule is COC(C1CC1)C(Cc1cccc(F)c1F)NN. The van der Waals surface area contributed by atoms with Crippen LogP contribution in [-0.4, -0.2) is 19.3 Å². The maximum absolute atomic E-state index is 13.6. The fourth-order valence-electron chi connectivity index (χ4n) is 2.32. The molecule has 1 saturated carbocycles. The summed E-state index contributed by atoms with van der Waals surface area (Å²) in [6, 6.07) is 3.97. The summed E-state index contributed by atoms with van der Waals surface area (Å²) < 4.78 is 32.1. The summed E-state index contributed by atoms with van der Waals surface area (Å²) >= 11 is 0. The number of nitrogens with two attached hydrogens (primary N) is 1. The molecule has 1 aromatic carbocycles. The van der Waals surface area contributed by atoms with Crippen LogP contribution in [0.25, 0.3) is 0 Å². The van der Waals surface area contributed by atoms with Gasteiger partial charge in [-0.15, -0.1) is 0 Å². The molecule has 0 heterocycles. The molecule has 3 nitrogen and oxygen atoms in total. The van der Waals surface area contributed by atoms with E-state index in [-0.39, 0.29) is 12.1 Å². The van der Waals surface area contributed by atoms with Gasteiger partial charge in [0.2, 0.25) is 0 Å². The summed E-state index contributed by atoms with van der Waals surface area (Å²) in [5.41, 5.74) is 2.98. The minimum absolute atomic E-state index is 0.0577. The van der Waals surface area contributed by atoms with E-state index in [1.54, 1.807) is 13.2 Å². The van der Waals surface area contributed by atoms with Crippen molar-refractivity contribution in [2.45, 2.75) is 31.4 Å². The van der Waals surface area contributed by atoms with Gasteiger partial charge in [0, 0.05) is 7.11 Å². The van der Waals surface area contributed by atoms with Crippen molar-refractivity contribution in [1.29, 1.82) is 0 Å². The van der Waals surface area contributed by atoms with Gasteiger partial charge in [0.15, 0.2) is 11.6 Å². The highest BCUT2D eigenvalue weighted by Gasteiger charge is 2.36. The Morgan fingerprint density at radius 1 is 1.44 bits per heavy atom. The highest BCUT2D eigenvalue weighted by molar-refractivity contribution is 5.20. The van der Waals surface area contributed by atoms with Crippen molar-refractivity contribution in [2.24, 2.45) is 11.8 Å². The fourth-order valence-corrected chi connectivity index (χ4v) is 2.32. The van der Waals surface area contributed by atoms with Crippen LogP contribution in [0.2, 0.25) is 0 Å². The first-order valence-corrected chi connectivity index (χ1v) is 6.09. The largest absolute Gasteiger partial charge is 0.379 e. The topological polar surface area (TPSA) is 47.3 Å². The Labute approximate surface area is 105 Å². The van der Waals surface area contributed by atoms with E-state index in [9.17, 15) is 8.78 Å². The molecule has 1 aliphatic rings. The molecule has 3 N–H and O–H groups in total. The molecule has 0 saturated heterocycles. The molecular formula is C13H18F2N2O. The van der Waals surface area contributed by atoms with E-state index in [4.69, 9.17) is 10.6 Å². The van der Waals surface area contributed by atoms with E-state index in [1.807, 2.05) is 0 Å². The Bertz CT molecular complexity index is 410. The summed E-state index contributed by atoms with van der Waals surface area (Å²) in [5, 5.41) is 0. The number of ether oxygens (including phenoxy) is 1. The van der Waals surface area contributed by atoms with Crippen molar-refractivity contribution in [3.63, 3.8) is 0 Å². The Morgan fingerprint density at radius 3 is 2.72 bits per heavy atom. The first-order chi connectivity index (χ1) is 8.67. The van der Waals surface area contributed by atoms with Gasteiger partial charge in [0.25, 0.3) is 0 Å². The average Bonchev–Trinajstić information content (AvgIpc) is 3.18. The molecule has 5 heteroatoms. The monoisotopic (exact) mass is 256 g/mol. The van der Waals surface area contributed by atoms with Gasteiger partial charge in [-0.25, -0.2) is 8.78 Å². The van der Waals surface area contributed by atoms with E-state index >= 15 is 0 Å². The number of hydrazine groups is 1. The first kappa shape index (κ1) is 13.4. The Morgan fingerprint density at radius 2 is 2.17 bits per heavy atom. The molecule has 1 fully saturated rings. The summed E-state index contributed by atoms with van der Waals surface area (Å²) in [6.07, 6.45) is 2.46. The van der Waals surface area contributed by atoms with Gasteiger partial charge in [-0.2, -0.15) is 0 Å².